The summed E-state index contributed by atoms with van der Waals surface area (Å²) in [6.07, 6.45) is 14.6. The molecule has 0 fully saturated rings. The quantitative estimate of drug-likeness (QED) is 0.614. The highest BCUT2D eigenvalue weighted by Gasteiger charge is 2.04. The first-order valence-electron chi connectivity index (χ1n) is 6.47. The molecule has 1 atom stereocenters. The number of hydrogen-bond acceptors (Lipinski definition) is 2. The van der Waals surface area contributed by atoms with Gasteiger partial charge in [0.15, 0.2) is 0 Å². The lowest BCUT2D eigenvalue weighted by Gasteiger charge is -2.11. The van der Waals surface area contributed by atoms with Crippen molar-refractivity contribution in [2.24, 2.45) is 5.92 Å². The van der Waals surface area contributed by atoms with Crippen molar-refractivity contribution in [1.82, 2.24) is 0 Å². The van der Waals surface area contributed by atoms with Gasteiger partial charge < -0.3 is 4.74 Å². The average molecular weight is 252 g/mol. The molecule has 0 aromatic carbocycles. The van der Waals surface area contributed by atoms with Crippen molar-refractivity contribution in [3.8, 4) is 0 Å². The minimum absolute atomic E-state index is 0.604. The minimum atomic E-state index is 0.604. The summed E-state index contributed by atoms with van der Waals surface area (Å²) in [7, 11) is 0. The van der Waals surface area contributed by atoms with Crippen molar-refractivity contribution in [2.75, 3.05) is 19.5 Å². The predicted octanol–water partition coefficient (Wildman–Crippen LogP) is 4.57. The second-order valence-corrected chi connectivity index (χ2v) is 5.36. The molecule has 1 aliphatic carbocycles. The molecular weight excluding hydrogens is 228 g/mol. The SMILES string of the molecule is CCCOCCC(C)C=C1C=C(SC)C=CC1. The van der Waals surface area contributed by atoms with Crippen LogP contribution in [0.1, 0.15) is 33.1 Å². The van der Waals surface area contributed by atoms with Gasteiger partial charge in [-0.1, -0.05) is 32.1 Å². The summed E-state index contributed by atoms with van der Waals surface area (Å²) in [4.78, 5) is 1.36. The third-order valence-corrected chi connectivity index (χ3v) is 3.49. The van der Waals surface area contributed by atoms with Gasteiger partial charge in [-0.15, -0.1) is 11.8 Å². The fraction of sp³-hybridized carbons (Fsp3) is 0.600. The first kappa shape index (κ1) is 14.6. The summed E-state index contributed by atoms with van der Waals surface area (Å²) in [5.74, 6) is 0.604. The maximum Gasteiger partial charge on any atom is 0.0471 e. The Labute approximate surface area is 110 Å². The largest absolute Gasteiger partial charge is 0.381 e. The van der Waals surface area contributed by atoms with Crippen LogP contribution < -0.4 is 0 Å². The molecule has 1 aliphatic rings. The van der Waals surface area contributed by atoms with Crippen LogP contribution in [0.5, 0.6) is 0 Å². The molecule has 0 aromatic rings. The second-order valence-electron chi connectivity index (χ2n) is 4.48. The molecule has 0 amide bonds. The first-order chi connectivity index (χ1) is 8.26. The van der Waals surface area contributed by atoms with Gasteiger partial charge in [-0.3, -0.25) is 0 Å². The van der Waals surface area contributed by atoms with E-state index in [4.69, 9.17) is 4.74 Å². The Bertz CT molecular complexity index is 302. The Morgan fingerprint density at radius 1 is 1.47 bits per heavy atom. The summed E-state index contributed by atoms with van der Waals surface area (Å²) in [5.41, 5.74) is 1.44. The number of thioether (sulfide) groups is 1. The van der Waals surface area contributed by atoms with E-state index in [1.807, 2.05) is 11.8 Å². The second kappa shape index (κ2) is 8.60. The Hall–Kier alpha value is -0.470. The highest BCUT2D eigenvalue weighted by molar-refractivity contribution is 8.02. The number of hydrogen-bond donors (Lipinski definition) is 0. The predicted molar refractivity (Wildman–Crippen MR) is 78.3 cm³/mol. The molecule has 1 unspecified atom stereocenters. The molecule has 0 bridgehead atoms. The van der Waals surface area contributed by atoms with Gasteiger partial charge in [0.2, 0.25) is 0 Å². The highest BCUT2D eigenvalue weighted by atomic mass is 32.2. The summed E-state index contributed by atoms with van der Waals surface area (Å²) in [5, 5.41) is 0. The Kier molecular flexibility index (Phi) is 7.38. The van der Waals surface area contributed by atoms with E-state index in [-0.39, 0.29) is 0 Å². The van der Waals surface area contributed by atoms with Gasteiger partial charge in [0.25, 0.3) is 0 Å². The molecule has 0 heterocycles. The first-order valence-corrected chi connectivity index (χ1v) is 7.69. The van der Waals surface area contributed by atoms with Crippen LogP contribution in [0, 0.1) is 5.92 Å². The fourth-order valence-corrected chi connectivity index (χ4v) is 2.31. The van der Waals surface area contributed by atoms with Crippen molar-refractivity contribution in [1.29, 1.82) is 0 Å². The molecule has 1 nitrogen and oxygen atoms in total. The van der Waals surface area contributed by atoms with E-state index in [0.717, 1.165) is 32.5 Å². The molecule has 0 saturated carbocycles. The summed E-state index contributed by atoms with van der Waals surface area (Å²) < 4.78 is 5.52. The monoisotopic (exact) mass is 252 g/mol. The van der Waals surface area contributed by atoms with E-state index < -0.39 is 0 Å². The van der Waals surface area contributed by atoms with Crippen LogP contribution in [0.25, 0.3) is 0 Å². The zero-order valence-electron chi connectivity index (χ0n) is 11.2. The van der Waals surface area contributed by atoms with Crippen molar-refractivity contribution in [2.45, 2.75) is 33.1 Å². The van der Waals surface area contributed by atoms with Crippen LogP contribution in [0.3, 0.4) is 0 Å². The smallest absolute Gasteiger partial charge is 0.0471 e. The standard InChI is InChI=1S/C15H24OS/c1-4-9-16-10-8-13(2)11-14-6-5-7-15(12-14)17-3/h5,7,11-13H,4,6,8-10H2,1-3H3. The third kappa shape index (κ3) is 6.13. The van der Waals surface area contributed by atoms with E-state index in [1.54, 1.807) is 0 Å². The molecule has 1 rings (SSSR count). The summed E-state index contributed by atoms with van der Waals surface area (Å²) >= 11 is 1.81. The number of allylic oxidation sites excluding steroid dienone is 5. The lowest BCUT2D eigenvalue weighted by molar-refractivity contribution is 0.126. The molecule has 0 radical (unpaired) electrons. The van der Waals surface area contributed by atoms with Crippen LogP contribution in [0.2, 0.25) is 0 Å². The highest BCUT2D eigenvalue weighted by Crippen LogP contribution is 2.24. The molecule has 0 aromatic heterocycles. The van der Waals surface area contributed by atoms with E-state index >= 15 is 0 Å². The Morgan fingerprint density at radius 2 is 2.29 bits per heavy atom. The zero-order chi connectivity index (χ0) is 12.5. The third-order valence-electron chi connectivity index (χ3n) is 2.76. The van der Waals surface area contributed by atoms with Crippen LogP contribution in [0.4, 0.5) is 0 Å². The van der Waals surface area contributed by atoms with Gasteiger partial charge >= 0.3 is 0 Å². The fourth-order valence-electron chi connectivity index (χ4n) is 1.81. The zero-order valence-corrected chi connectivity index (χ0v) is 12.1. The lowest BCUT2D eigenvalue weighted by atomic mass is 10.00. The maximum absolute atomic E-state index is 5.52. The van der Waals surface area contributed by atoms with Crippen molar-refractivity contribution in [3.05, 3.63) is 34.8 Å². The van der Waals surface area contributed by atoms with Crippen LogP contribution in [0.15, 0.2) is 34.8 Å². The number of rotatable bonds is 7. The van der Waals surface area contributed by atoms with Gasteiger partial charge in [0.05, 0.1) is 0 Å². The molecule has 0 spiro atoms. The van der Waals surface area contributed by atoms with E-state index in [1.165, 1.54) is 10.5 Å². The van der Waals surface area contributed by atoms with Crippen molar-refractivity contribution < 1.29 is 4.74 Å². The molecule has 17 heavy (non-hydrogen) atoms. The van der Waals surface area contributed by atoms with Gasteiger partial charge in [0.1, 0.15) is 0 Å². The van der Waals surface area contributed by atoms with Crippen LogP contribution in [-0.4, -0.2) is 19.5 Å². The van der Waals surface area contributed by atoms with Gasteiger partial charge in [-0.25, -0.2) is 0 Å². The molecule has 0 N–H and O–H groups in total. The molecule has 0 aliphatic heterocycles. The Morgan fingerprint density at radius 3 is 3.00 bits per heavy atom. The topological polar surface area (TPSA) is 9.23 Å². The van der Waals surface area contributed by atoms with E-state index in [9.17, 15) is 0 Å². The number of ether oxygens (including phenoxy) is 1. The molecule has 0 saturated heterocycles. The van der Waals surface area contributed by atoms with Gasteiger partial charge in [-0.05, 0) is 43.1 Å². The van der Waals surface area contributed by atoms with Gasteiger partial charge in [0, 0.05) is 18.1 Å². The van der Waals surface area contributed by atoms with Crippen LogP contribution >= 0.6 is 11.8 Å². The van der Waals surface area contributed by atoms with Crippen molar-refractivity contribution >= 4 is 11.8 Å². The average Bonchev–Trinajstić information content (AvgIpc) is 2.35. The summed E-state index contributed by atoms with van der Waals surface area (Å²) in [6, 6.07) is 0. The van der Waals surface area contributed by atoms with E-state index in [0.29, 0.717) is 5.92 Å². The van der Waals surface area contributed by atoms with Gasteiger partial charge in [-0.2, -0.15) is 0 Å². The Balaban J connectivity index is 2.35. The van der Waals surface area contributed by atoms with Crippen molar-refractivity contribution in [3.63, 3.8) is 0 Å². The van der Waals surface area contributed by atoms with E-state index in [2.05, 4.69) is 44.4 Å². The summed E-state index contributed by atoms with van der Waals surface area (Å²) in [6.45, 7) is 6.19. The molecule has 96 valence electrons. The normalized spacial score (nSPS) is 19.5. The molecule has 2 heteroatoms. The maximum atomic E-state index is 5.52. The van der Waals surface area contributed by atoms with Crippen LogP contribution in [-0.2, 0) is 4.74 Å². The lowest BCUT2D eigenvalue weighted by Crippen LogP contribution is -2.01. The minimum Gasteiger partial charge on any atom is -0.381 e. The molecular formula is C15H24OS.